The van der Waals surface area contributed by atoms with Gasteiger partial charge in [-0.25, -0.2) is 0 Å². The number of hydrogen-bond donors (Lipinski definition) is 2. The van der Waals surface area contributed by atoms with Crippen LogP contribution in [0.3, 0.4) is 0 Å². The van der Waals surface area contributed by atoms with E-state index in [2.05, 4.69) is 16.3 Å². The van der Waals surface area contributed by atoms with Crippen LogP contribution in [0.2, 0.25) is 0 Å². The van der Waals surface area contributed by atoms with Gasteiger partial charge in [-0.3, -0.25) is 9.69 Å². The van der Waals surface area contributed by atoms with Gasteiger partial charge in [-0.1, -0.05) is 11.6 Å². The molecule has 1 heterocycles. The summed E-state index contributed by atoms with van der Waals surface area (Å²) >= 11 is 0. The van der Waals surface area contributed by atoms with E-state index in [9.17, 15) is 4.79 Å². The van der Waals surface area contributed by atoms with Crippen molar-refractivity contribution in [3.63, 3.8) is 0 Å². The average Bonchev–Trinajstić information content (AvgIpc) is 2.48. The highest BCUT2D eigenvalue weighted by Gasteiger charge is 2.20. The third-order valence-corrected chi connectivity index (χ3v) is 4.46. The van der Waals surface area contributed by atoms with Gasteiger partial charge in [-0.2, -0.15) is 0 Å². The summed E-state index contributed by atoms with van der Waals surface area (Å²) in [6.45, 7) is 4.09. The van der Waals surface area contributed by atoms with Gasteiger partial charge >= 0.3 is 0 Å². The van der Waals surface area contributed by atoms with Crippen LogP contribution in [0.15, 0.2) is 11.6 Å². The summed E-state index contributed by atoms with van der Waals surface area (Å²) in [6.07, 6.45) is 10.8. The monoisotopic (exact) mass is 279 g/mol. The molecule has 3 N–H and O–H groups in total. The Morgan fingerprint density at radius 2 is 2.30 bits per heavy atom. The van der Waals surface area contributed by atoms with Crippen LogP contribution in [0.25, 0.3) is 0 Å². The van der Waals surface area contributed by atoms with Crippen molar-refractivity contribution in [2.24, 2.45) is 11.7 Å². The molecule has 0 spiro atoms. The van der Waals surface area contributed by atoms with Gasteiger partial charge in [0.25, 0.3) is 0 Å². The Hall–Kier alpha value is -0.870. The van der Waals surface area contributed by atoms with E-state index in [0.717, 1.165) is 32.6 Å². The minimum absolute atomic E-state index is 0.166. The van der Waals surface area contributed by atoms with E-state index in [0.29, 0.717) is 12.5 Å². The lowest BCUT2D eigenvalue weighted by molar-refractivity contribution is -0.122. The number of piperidine rings is 1. The number of rotatable bonds is 6. The van der Waals surface area contributed by atoms with Gasteiger partial charge < -0.3 is 11.1 Å². The maximum Gasteiger partial charge on any atom is 0.234 e. The number of likely N-dealkylation sites (tertiary alicyclic amines) is 1. The van der Waals surface area contributed by atoms with E-state index in [-0.39, 0.29) is 5.91 Å². The first kappa shape index (κ1) is 15.5. The molecule has 1 fully saturated rings. The second-order valence-electron chi connectivity index (χ2n) is 6.19. The zero-order chi connectivity index (χ0) is 14.2. The smallest absolute Gasteiger partial charge is 0.234 e. The number of carbonyl (C=O) groups excluding carboxylic acids is 1. The molecule has 114 valence electrons. The fraction of sp³-hybridized carbons (Fsp3) is 0.812. The Bertz CT molecular complexity index is 341. The largest absolute Gasteiger partial charge is 0.355 e. The molecule has 1 amide bonds. The van der Waals surface area contributed by atoms with Crippen molar-refractivity contribution in [1.82, 2.24) is 10.2 Å². The molecule has 4 heteroatoms. The van der Waals surface area contributed by atoms with Crippen LogP contribution in [0.5, 0.6) is 0 Å². The molecule has 2 aliphatic rings. The van der Waals surface area contributed by atoms with Crippen LogP contribution in [-0.4, -0.2) is 43.5 Å². The minimum Gasteiger partial charge on any atom is -0.355 e. The molecule has 0 aromatic heterocycles. The first-order chi connectivity index (χ1) is 9.78. The van der Waals surface area contributed by atoms with Crippen molar-refractivity contribution in [2.45, 2.75) is 44.9 Å². The van der Waals surface area contributed by atoms with E-state index in [1.165, 1.54) is 44.1 Å². The van der Waals surface area contributed by atoms with Gasteiger partial charge in [-0.05, 0) is 64.0 Å². The number of nitrogens with one attached hydrogen (secondary N) is 1. The van der Waals surface area contributed by atoms with Crippen molar-refractivity contribution in [3.05, 3.63) is 11.6 Å². The van der Waals surface area contributed by atoms with Crippen LogP contribution in [0.4, 0.5) is 0 Å². The van der Waals surface area contributed by atoms with E-state index >= 15 is 0 Å². The second-order valence-corrected chi connectivity index (χ2v) is 6.19. The van der Waals surface area contributed by atoms with Gasteiger partial charge in [-0.15, -0.1) is 0 Å². The molecule has 2 rings (SSSR count). The van der Waals surface area contributed by atoms with Crippen LogP contribution < -0.4 is 11.1 Å². The third-order valence-electron chi connectivity index (χ3n) is 4.46. The van der Waals surface area contributed by atoms with Crippen LogP contribution in [0.1, 0.15) is 44.9 Å². The molecule has 1 unspecified atom stereocenters. The van der Waals surface area contributed by atoms with Crippen molar-refractivity contribution < 1.29 is 4.79 Å². The Kier molecular flexibility index (Phi) is 6.54. The third kappa shape index (κ3) is 5.25. The molecule has 20 heavy (non-hydrogen) atoms. The zero-order valence-corrected chi connectivity index (χ0v) is 12.6. The molecule has 0 radical (unpaired) electrons. The fourth-order valence-corrected chi connectivity index (χ4v) is 3.24. The summed E-state index contributed by atoms with van der Waals surface area (Å²) < 4.78 is 0. The van der Waals surface area contributed by atoms with Crippen LogP contribution in [-0.2, 0) is 4.79 Å². The molecular formula is C16H29N3O. The quantitative estimate of drug-likeness (QED) is 0.727. The number of amides is 1. The summed E-state index contributed by atoms with van der Waals surface area (Å²) in [4.78, 5) is 14.2. The zero-order valence-electron chi connectivity index (χ0n) is 12.6. The standard InChI is InChI=1S/C16H29N3O/c17-11-15-7-4-10-19(12-15)13-16(20)18-9-8-14-5-2-1-3-6-14/h5,15H,1-4,6-13,17H2,(H,18,20). The van der Waals surface area contributed by atoms with Gasteiger partial charge in [0.2, 0.25) is 5.91 Å². The van der Waals surface area contributed by atoms with Gasteiger partial charge in [0.1, 0.15) is 0 Å². The molecule has 4 nitrogen and oxygen atoms in total. The molecule has 1 aliphatic carbocycles. The minimum atomic E-state index is 0.166. The summed E-state index contributed by atoms with van der Waals surface area (Å²) in [5.41, 5.74) is 7.25. The predicted molar refractivity (Wildman–Crippen MR) is 82.4 cm³/mol. The SMILES string of the molecule is NCC1CCCN(CC(=O)NCCC2=CCCCC2)C1. The highest BCUT2D eigenvalue weighted by molar-refractivity contribution is 5.78. The predicted octanol–water partition coefficient (Wildman–Crippen LogP) is 1.66. The highest BCUT2D eigenvalue weighted by atomic mass is 16.2. The van der Waals surface area contributed by atoms with E-state index in [1.807, 2.05) is 0 Å². The molecular weight excluding hydrogens is 250 g/mol. The van der Waals surface area contributed by atoms with Crippen LogP contribution in [0, 0.1) is 5.92 Å². The molecule has 0 aromatic carbocycles. The number of hydrogen-bond acceptors (Lipinski definition) is 3. The van der Waals surface area contributed by atoms with Crippen molar-refractivity contribution in [2.75, 3.05) is 32.7 Å². The Labute approximate surface area is 122 Å². The fourth-order valence-electron chi connectivity index (χ4n) is 3.24. The summed E-state index contributed by atoms with van der Waals surface area (Å²) in [5.74, 6) is 0.739. The summed E-state index contributed by atoms with van der Waals surface area (Å²) in [6, 6.07) is 0. The van der Waals surface area contributed by atoms with Crippen molar-refractivity contribution >= 4 is 5.91 Å². The van der Waals surface area contributed by atoms with Crippen LogP contribution >= 0.6 is 0 Å². The van der Waals surface area contributed by atoms with Crippen molar-refractivity contribution in [3.8, 4) is 0 Å². The number of allylic oxidation sites excluding steroid dienone is 1. The first-order valence-corrected chi connectivity index (χ1v) is 8.15. The average molecular weight is 279 g/mol. The van der Waals surface area contributed by atoms with Crippen molar-refractivity contribution in [1.29, 1.82) is 0 Å². The Morgan fingerprint density at radius 3 is 3.05 bits per heavy atom. The lowest BCUT2D eigenvalue weighted by Crippen LogP contribution is -2.44. The topological polar surface area (TPSA) is 58.4 Å². The van der Waals surface area contributed by atoms with E-state index < -0.39 is 0 Å². The molecule has 0 bridgehead atoms. The van der Waals surface area contributed by atoms with E-state index in [1.54, 1.807) is 0 Å². The molecule has 1 atom stereocenters. The molecule has 0 saturated carbocycles. The lowest BCUT2D eigenvalue weighted by Gasteiger charge is -2.31. The highest BCUT2D eigenvalue weighted by Crippen LogP contribution is 2.19. The van der Waals surface area contributed by atoms with Gasteiger partial charge in [0.05, 0.1) is 6.54 Å². The summed E-state index contributed by atoms with van der Waals surface area (Å²) in [5, 5.41) is 3.06. The normalized spacial score (nSPS) is 24.2. The van der Waals surface area contributed by atoms with Gasteiger partial charge in [0.15, 0.2) is 0 Å². The number of carbonyl (C=O) groups is 1. The number of nitrogens with two attached hydrogens (primary N) is 1. The maximum atomic E-state index is 11.9. The Morgan fingerprint density at radius 1 is 1.40 bits per heavy atom. The first-order valence-electron chi connectivity index (χ1n) is 8.15. The summed E-state index contributed by atoms with van der Waals surface area (Å²) in [7, 11) is 0. The lowest BCUT2D eigenvalue weighted by atomic mass is 9.97. The molecule has 1 saturated heterocycles. The van der Waals surface area contributed by atoms with E-state index in [4.69, 9.17) is 5.73 Å². The van der Waals surface area contributed by atoms with Gasteiger partial charge in [0, 0.05) is 13.1 Å². The molecule has 0 aromatic rings. The Balaban J connectivity index is 1.61. The maximum absolute atomic E-state index is 11.9. The number of nitrogens with zero attached hydrogens (tertiary/aromatic N) is 1. The second kappa shape index (κ2) is 8.42. The molecule has 1 aliphatic heterocycles.